The Bertz CT molecular complexity index is 1380. The zero-order valence-corrected chi connectivity index (χ0v) is 19.2. The molecule has 0 spiro atoms. The molecule has 2 heterocycles. The lowest BCUT2D eigenvalue weighted by molar-refractivity contribution is 0.0968. The Kier molecular flexibility index (Phi) is 5.72. The molecule has 1 aliphatic carbocycles. The van der Waals surface area contributed by atoms with Gasteiger partial charge < -0.3 is 27.0 Å². The summed E-state index contributed by atoms with van der Waals surface area (Å²) in [6.45, 7) is 0. The van der Waals surface area contributed by atoms with Gasteiger partial charge in [0.15, 0.2) is 0 Å². The molecule has 0 saturated heterocycles. The fraction of sp³-hybridized carbons (Fsp3) is 0.167. The highest BCUT2D eigenvalue weighted by Gasteiger charge is 2.25. The van der Waals surface area contributed by atoms with E-state index in [9.17, 15) is 9.59 Å². The number of amides is 3. The highest BCUT2D eigenvalue weighted by molar-refractivity contribution is 7.21. The van der Waals surface area contributed by atoms with Crippen LogP contribution in [-0.2, 0) is 0 Å². The third-order valence-electron chi connectivity index (χ3n) is 5.36. The molecule has 0 atom stereocenters. The van der Waals surface area contributed by atoms with Gasteiger partial charge in [0.05, 0.1) is 16.8 Å². The lowest BCUT2D eigenvalue weighted by Crippen LogP contribution is -2.19. The maximum absolute atomic E-state index is 12.5. The number of urea groups is 1. The fourth-order valence-corrected chi connectivity index (χ4v) is 4.59. The third kappa shape index (κ3) is 4.48. The Morgan fingerprint density at radius 1 is 1.00 bits per heavy atom. The van der Waals surface area contributed by atoms with Gasteiger partial charge in [0.25, 0.3) is 5.91 Å². The molecule has 6 N–H and O–H groups in total. The van der Waals surface area contributed by atoms with E-state index in [2.05, 4.69) is 26.3 Å². The number of carbonyl (C=O) groups is 2. The SMILES string of the molecule is CNC(=O)c1sc2nc(NC3CC3)nc(-c3cccc(NC(=O)Nc4ccccc4)c3)c2c1N. The van der Waals surface area contributed by atoms with Crippen LogP contribution in [0.25, 0.3) is 21.5 Å². The number of anilines is 4. The molecule has 172 valence electrons. The second-order valence-corrected chi connectivity index (χ2v) is 8.94. The van der Waals surface area contributed by atoms with Crippen LogP contribution in [0.3, 0.4) is 0 Å². The van der Waals surface area contributed by atoms with Crippen LogP contribution in [0.1, 0.15) is 22.5 Å². The number of fused-ring (bicyclic) bond motifs is 1. The maximum Gasteiger partial charge on any atom is 0.323 e. The molecule has 1 fully saturated rings. The Morgan fingerprint density at radius 2 is 1.74 bits per heavy atom. The van der Waals surface area contributed by atoms with Crippen molar-refractivity contribution in [3.8, 4) is 11.3 Å². The second-order valence-electron chi connectivity index (χ2n) is 7.94. The summed E-state index contributed by atoms with van der Waals surface area (Å²) >= 11 is 1.24. The lowest BCUT2D eigenvalue weighted by atomic mass is 10.1. The first-order valence-corrected chi connectivity index (χ1v) is 11.7. The molecular weight excluding hydrogens is 450 g/mol. The number of thiophene rings is 1. The summed E-state index contributed by atoms with van der Waals surface area (Å²) in [6.07, 6.45) is 2.14. The van der Waals surface area contributed by atoms with Crippen LogP contribution >= 0.6 is 11.3 Å². The van der Waals surface area contributed by atoms with Crippen LogP contribution < -0.4 is 27.0 Å². The van der Waals surface area contributed by atoms with E-state index in [0.29, 0.717) is 49.8 Å². The van der Waals surface area contributed by atoms with Crippen LogP contribution in [0.5, 0.6) is 0 Å². The van der Waals surface area contributed by atoms with Crippen molar-refractivity contribution in [2.75, 3.05) is 28.7 Å². The van der Waals surface area contributed by atoms with E-state index < -0.39 is 0 Å². The van der Waals surface area contributed by atoms with E-state index in [1.54, 1.807) is 13.1 Å². The summed E-state index contributed by atoms with van der Waals surface area (Å²) in [7, 11) is 1.56. The number of para-hydroxylation sites is 1. The summed E-state index contributed by atoms with van der Waals surface area (Å²) in [5, 5.41) is 12.2. The number of hydrogen-bond donors (Lipinski definition) is 5. The Balaban J connectivity index is 1.51. The van der Waals surface area contributed by atoms with Crippen LogP contribution in [0.15, 0.2) is 54.6 Å². The molecule has 4 aromatic rings. The van der Waals surface area contributed by atoms with Crippen LogP contribution in [-0.4, -0.2) is 35.0 Å². The van der Waals surface area contributed by atoms with Crippen molar-refractivity contribution in [2.45, 2.75) is 18.9 Å². The van der Waals surface area contributed by atoms with Gasteiger partial charge in [-0.3, -0.25) is 4.79 Å². The van der Waals surface area contributed by atoms with E-state index in [0.717, 1.165) is 18.4 Å². The van der Waals surface area contributed by atoms with Crippen molar-refractivity contribution >= 4 is 56.5 Å². The smallest absolute Gasteiger partial charge is 0.323 e. The van der Waals surface area contributed by atoms with E-state index in [4.69, 9.17) is 10.7 Å². The van der Waals surface area contributed by atoms with E-state index in [1.165, 1.54) is 11.3 Å². The molecule has 0 aliphatic heterocycles. The molecular formula is C24H23N7O2S. The quantitative estimate of drug-likeness (QED) is 0.280. The van der Waals surface area contributed by atoms with Crippen molar-refractivity contribution in [1.82, 2.24) is 15.3 Å². The Hall–Kier alpha value is -4.18. The minimum Gasteiger partial charge on any atom is -0.397 e. The first-order chi connectivity index (χ1) is 16.5. The minimum absolute atomic E-state index is 0.267. The monoisotopic (exact) mass is 473 g/mol. The summed E-state index contributed by atoms with van der Waals surface area (Å²) in [5.41, 5.74) is 9.36. The maximum atomic E-state index is 12.5. The minimum atomic E-state index is -0.357. The summed E-state index contributed by atoms with van der Waals surface area (Å²) in [5.74, 6) is 0.228. The molecule has 0 radical (unpaired) electrons. The molecule has 1 saturated carbocycles. The average Bonchev–Trinajstić information content (AvgIpc) is 3.59. The number of rotatable bonds is 6. The number of benzene rings is 2. The predicted octanol–water partition coefficient (Wildman–Crippen LogP) is 4.52. The van der Waals surface area contributed by atoms with Crippen molar-refractivity contribution < 1.29 is 9.59 Å². The van der Waals surface area contributed by atoms with Gasteiger partial charge in [-0.15, -0.1) is 11.3 Å². The Labute approximate surface area is 199 Å². The standard InChI is InChI=1S/C24H23N7O2S/c1-26-21(32)20-18(25)17-19(30-23(27-15-10-11-15)31-22(17)34-20)13-6-5-9-16(12-13)29-24(33)28-14-7-3-2-4-8-14/h2-9,12,15H,10-11,25H2,1H3,(H,26,32)(H,27,30,31)(H2,28,29,33). The fourth-order valence-electron chi connectivity index (χ4n) is 3.55. The van der Waals surface area contributed by atoms with Crippen LogP contribution in [0, 0.1) is 0 Å². The molecule has 1 aliphatic rings. The summed E-state index contributed by atoms with van der Waals surface area (Å²) in [4.78, 5) is 35.2. The largest absolute Gasteiger partial charge is 0.397 e. The predicted molar refractivity (Wildman–Crippen MR) is 136 cm³/mol. The van der Waals surface area contributed by atoms with Gasteiger partial charge in [0, 0.05) is 30.0 Å². The molecule has 2 aromatic heterocycles. The molecule has 5 rings (SSSR count). The van der Waals surface area contributed by atoms with Gasteiger partial charge in [-0.05, 0) is 37.1 Å². The highest BCUT2D eigenvalue weighted by Crippen LogP contribution is 2.40. The topological polar surface area (TPSA) is 134 Å². The molecule has 9 nitrogen and oxygen atoms in total. The molecule has 10 heteroatoms. The first-order valence-electron chi connectivity index (χ1n) is 10.8. The second kappa shape index (κ2) is 8.99. The average molecular weight is 474 g/mol. The van der Waals surface area contributed by atoms with Crippen molar-refractivity contribution in [2.24, 2.45) is 0 Å². The van der Waals surface area contributed by atoms with Gasteiger partial charge in [-0.2, -0.15) is 0 Å². The molecule has 34 heavy (non-hydrogen) atoms. The third-order valence-corrected chi connectivity index (χ3v) is 6.46. The van der Waals surface area contributed by atoms with E-state index >= 15 is 0 Å². The van der Waals surface area contributed by atoms with Crippen molar-refractivity contribution in [1.29, 1.82) is 0 Å². The number of nitrogen functional groups attached to an aromatic ring is 1. The van der Waals surface area contributed by atoms with Gasteiger partial charge >= 0.3 is 6.03 Å². The number of nitrogens with two attached hydrogens (primary N) is 1. The highest BCUT2D eigenvalue weighted by atomic mass is 32.1. The number of aromatic nitrogens is 2. The van der Waals surface area contributed by atoms with Gasteiger partial charge in [0.1, 0.15) is 9.71 Å². The molecule has 2 aromatic carbocycles. The summed E-state index contributed by atoms with van der Waals surface area (Å²) < 4.78 is 0. The Morgan fingerprint density at radius 3 is 2.47 bits per heavy atom. The van der Waals surface area contributed by atoms with Gasteiger partial charge in [-0.1, -0.05) is 30.3 Å². The van der Waals surface area contributed by atoms with Gasteiger partial charge in [-0.25, -0.2) is 14.8 Å². The molecule has 0 bridgehead atoms. The van der Waals surface area contributed by atoms with Crippen molar-refractivity contribution in [3.63, 3.8) is 0 Å². The van der Waals surface area contributed by atoms with Crippen LogP contribution in [0.4, 0.5) is 27.8 Å². The van der Waals surface area contributed by atoms with E-state index in [-0.39, 0.29) is 11.9 Å². The molecule has 0 unspecified atom stereocenters. The van der Waals surface area contributed by atoms with Crippen molar-refractivity contribution in [3.05, 3.63) is 59.5 Å². The first kappa shape index (κ1) is 21.7. The van der Waals surface area contributed by atoms with Crippen LogP contribution in [0.2, 0.25) is 0 Å². The zero-order chi connectivity index (χ0) is 23.7. The normalized spacial score (nSPS) is 12.9. The zero-order valence-electron chi connectivity index (χ0n) is 18.4. The van der Waals surface area contributed by atoms with Gasteiger partial charge in [0.2, 0.25) is 5.95 Å². The lowest BCUT2D eigenvalue weighted by Gasteiger charge is -2.11. The van der Waals surface area contributed by atoms with E-state index in [1.807, 2.05) is 48.5 Å². The number of hydrogen-bond acceptors (Lipinski definition) is 7. The number of carbonyl (C=O) groups excluding carboxylic acids is 2. The molecule has 3 amide bonds. The number of nitrogens with zero attached hydrogens (tertiary/aromatic N) is 2. The number of nitrogens with one attached hydrogen (secondary N) is 4. The summed E-state index contributed by atoms with van der Waals surface area (Å²) in [6, 6.07) is 16.5.